The maximum atomic E-state index is 12.8. The minimum absolute atomic E-state index is 0.00334. The average Bonchev–Trinajstić information content (AvgIpc) is 3.20. The Kier molecular flexibility index (Phi) is 5.98. The van der Waals surface area contributed by atoms with Crippen LogP contribution in [-0.2, 0) is 6.42 Å². The van der Waals surface area contributed by atoms with E-state index in [1.807, 2.05) is 24.3 Å². The van der Waals surface area contributed by atoms with E-state index in [1.54, 1.807) is 7.11 Å². The number of benzene rings is 1. The number of carbonyl (C=O) groups is 1. The summed E-state index contributed by atoms with van der Waals surface area (Å²) in [7, 11) is 1.62. The Morgan fingerprint density at radius 2 is 2.20 bits per heavy atom. The number of hydrogen-bond acceptors (Lipinski definition) is 7. The lowest BCUT2D eigenvalue weighted by Gasteiger charge is -2.30. The van der Waals surface area contributed by atoms with E-state index in [0.717, 1.165) is 36.0 Å². The van der Waals surface area contributed by atoms with E-state index in [-0.39, 0.29) is 5.56 Å². The van der Waals surface area contributed by atoms with Gasteiger partial charge in [0.15, 0.2) is 0 Å². The van der Waals surface area contributed by atoms with E-state index in [9.17, 15) is 9.59 Å². The molecule has 0 bridgehead atoms. The lowest BCUT2D eigenvalue weighted by molar-refractivity contribution is 0.0952. The predicted octanol–water partition coefficient (Wildman–Crippen LogP) is 2.37. The summed E-state index contributed by atoms with van der Waals surface area (Å²) < 4.78 is 6.57. The average molecular weight is 428 g/mol. The van der Waals surface area contributed by atoms with Gasteiger partial charge in [-0.3, -0.25) is 9.59 Å². The van der Waals surface area contributed by atoms with Crippen molar-refractivity contribution in [3.05, 3.63) is 51.9 Å². The first-order valence-corrected chi connectivity index (χ1v) is 10.9. The highest BCUT2D eigenvalue weighted by atomic mass is 32.1. The van der Waals surface area contributed by atoms with Crippen molar-refractivity contribution in [2.45, 2.75) is 26.2 Å². The van der Waals surface area contributed by atoms with Crippen LogP contribution >= 0.6 is 11.3 Å². The molecule has 4 rings (SSSR count). The molecule has 1 fully saturated rings. The number of carbonyl (C=O) groups excluding carboxylic acids is 1. The van der Waals surface area contributed by atoms with Gasteiger partial charge in [-0.05, 0) is 36.8 Å². The van der Waals surface area contributed by atoms with Crippen LogP contribution in [0.2, 0.25) is 0 Å². The second kappa shape index (κ2) is 8.83. The number of amides is 1. The Hall–Kier alpha value is -2.94. The lowest BCUT2D eigenvalue weighted by atomic mass is 10.0. The van der Waals surface area contributed by atoms with E-state index in [0.29, 0.717) is 23.8 Å². The first-order valence-electron chi connectivity index (χ1n) is 10.1. The van der Waals surface area contributed by atoms with Crippen molar-refractivity contribution in [1.29, 1.82) is 0 Å². The minimum atomic E-state index is -0.446. The van der Waals surface area contributed by atoms with E-state index >= 15 is 0 Å². The van der Waals surface area contributed by atoms with E-state index in [1.165, 1.54) is 28.5 Å². The summed E-state index contributed by atoms with van der Waals surface area (Å²) in [5.41, 5.74) is 0.546. The Morgan fingerprint density at radius 3 is 3.00 bits per heavy atom. The highest BCUT2D eigenvalue weighted by molar-refractivity contribution is 7.20. The van der Waals surface area contributed by atoms with Gasteiger partial charge in [0.25, 0.3) is 11.5 Å². The second-order valence-corrected chi connectivity index (χ2v) is 8.50. The number of nitrogens with zero attached hydrogens (tertiary/aromatic N) is 4. The maximum absolute atomic E-state index is 12.8. The van der Waals surface area contributed by atoms with Crippen LogP contribution in [0.3, 0.4) is 0 Å². The molecule has 8 nitrogen and oxygen atoms in total. The lowest BCUT2D eigenvalue weighted by Crippen LogP contribution is -2.35. The molecule has 1 aromatic carbocycles. The molecule has 0 aliphatic carbocycles. The number of fused-ring (bicyclic) bond motifs is 1. The Bertz CT molecular complexity index is 1110. The molecule has 1 unspecified atom stereocenters. The molecule has 0 saturated carbocycles. The third-order valence-electron chi connectivity index (χ3n) is 5.32. The number of aromatic nitrogens is 3. The first-order chi connectivity index (χ1) is 14.6. The van der Waals surface area contributed by atoms with Gasteiger partial charge in [0.05, 0.1) is 7.11 Å². The van der Waals surface area contributed by atoms with Crippen molar-refractivity contribution in [3.8, 4) is 5.75 Å². The van der Waals surface area contributed by atoms with Crippen molar-refractivity contribution >= 4 is 27.3 Å². The standard InChI is InChI=1S/C21H25N5O3S/c1-14-6-5-11-25(13-14)21-24-26-19(28)16(12-23-20(26)30-21)18(27)22-10-9-15-7-3-4-8-17(15)29-2/h3-4,7-8,12,14H,5-6,9-11,13H2,1-2H3,(H,22,27). The highest BCUT2D eigenvalue weighted by Crippen LogP contribution is 2.26. The molecule has 1 saturated heterocycles. The largest absolute Gasteiger partial charge is 0.496 e. The number of hydrogen-bond donors (Lipinski definition) is 1. The Balaban J connectivity index is 1.47. The summed E-state index contributed by atoms with van der Waals surface area (Å²) in [6.07, 6.45) is 4.26. The highest BCUT2D eigenvalue weighted by Gasteiger charge is 2.22. The van der Waals surface area contributed by atoms with Gasteiger partial charge in [0.1, 0.15) is 11.3 Å². The van der Waals surface area contributed by atoms with Crippen LogP contribution in [0.5, 0.6) is 5.75 Å². The molecule has 1 atom stereocenters. The summed E-state index contributed by atoms with van der Waals surface area (Å²) >= 11 is 1.38. The van der Waals surface area contributed by atoms with Gasteiger partial charge in [-0.15, -0.1) is 5.10 Å². The van der Waals surface area contributed by atoms with Gasteiger partial charge in [-0.2, -0.15) is 4.52 Å². The molecule has 0 spiro atoms. The molecule has 0 radical (unpaired) electrons. The number of anilines is 1. The smallest absolute Gasteiger partial charge is 0.288 e. The number of nitrogens with one attached hydrogen (secondary N) is 1. The van der Waals surface area contributed by atoms with Crippen LogP contribution in [0.25, 0.3) is 4.96 Å². The molecule has 3 aromatic rings. The Labute approximate surface area is 178 Å². The van der Waals surface area contributed by atoms with Gasteiger partial charge in [0.2, 0.25) is 10.1 Å². The molecule has 1 N–H and O–H groups in total. The summed E-state index contributed by atoms with van der Waals surface area (Å²) in [4.78, 5) is 32.4. The third-order valence-corrected chi connectivity index (χ3v) is 6.30. The zero-order valence-corrected chi connectivity index (χ0v) is 17.9. The van der Waals surface area contributed by atoms with Crippen molar-refractivity contribution in [3.63, 3.8) is 0 Å². The molecular formula is C21H25N5O3S. The van der Waals surface area contributed by atoms with Gasteiger partial charge in [-0.1, -0.05) is 36.5 Å². The van der Waals surface area contributed by atoms with Gasteiger partial charge in [-0.25, -0.2) is 4.98 Å². The fourth-order valence-electron chi connectivity index (χ4n) is 3.74. The number of methoxy groups -OCH3 is 1. The first kappa shape index (κ1) is 20.3. The zero-order chi connectivity index (χ0) is 21.1. The zero-order valence-electron chi connectivity index (χ0n) is 17.1. The van der Waals surface area contributed by atoms with Gasteiger partial charge >= 0.3 is 0 Å². The summed E-state index contributed by atoms with van der Waals surface area (Å²) in [5.74, 6) is 0.926. The minimum Gasteiger partial charge on any atom is -0.496 e. The normalized spacial score (nSPS) is 16.6. The second-order valence-electron chi connectivity index (χ2n) is 7.57. The van der Waals surface area contributed by atoms with E-state index in [2.05, 4.69) is 27.2 Å². The summed E-state index contributed by atoms with van der Waals surface area (Å²) in [5, 5.41) is 8.03. The van der Waals surface area contributed by atoms with E-state index < -0.39 is 11.5 Å². The number of para-hydroxylation sites is 1. The fraction of sp³-hybridized carbons (Fsp3) is 0.429. The summed E-state index contributed by atoms with van der Waals surface area (Å²) in [6.45, 7) is 4.45. The third kappa shape index (κ3) is 4.16. The predicted molar refractivity (Wildman–Crippen MR) is 117 cm³/mol. The van der Waals surface area contributed by atoms with Crippen molar-refractivity contribution in [1.82, 2.24) is 19.9 Å². The van der Waals surface area contributed by atoms with Crippen LogP contribution in [-0.4, -0.2) is 47.2 Å². The van der Waals surface area contributed by atoms with Crippen LogP contribution in [0, 0.1) is 5.92 Å². The van der Waals surface area contributed by atoms with Crippen LogP contribution in [0.4, 0.5) is 5.13 Å². The molecule has 1 amide bonds. The molecule has 9 heteroatoms. The SMILES string of the molecule is COc1ccccc1CCNC(=O)c1cnc2sc(N3CCCC(C)C3)nn2c1=O. The van der Waals surface area contributed by atoms with Crippen LogP contribution in [0.1, 0.15) is 35.7 Å². The van der Waals surface area contributed by atoms with Crippen molar-refractivity contribution < 1.29 is 9.53 Å². The number of rotatable bonds is 6. The molecule has 2 aromatic heterocycles. The van der Waals surface area contributed by atoms with E-state index in [4.69, 9.17) is 4.74 Å². The number of ether oxygens (including phenoxy) is 1. The quantitative estimate of drug-likeness (QED) is 0.650. The maximum Gasteiger partial charge on any atom is 0.288 e. The molecule has 30 heavy (non-hydrogen) atoms. The van der Waals surface area contributed by atoms with Crippen LogP contribution < -0.4 is 20.5 Å². The summed E-state index contributed by atoms with van der Waals surface area (Å²) in [6, 6.07) is 7.65. The van der Waals surface area contributed by atoms with Gasteiger partial charge in [0, 0.05) is 25.8 Å². The molecule has 1 aliphatic rings. The Morgan fingerprint density at radius 1 is 1.37 bits per heavy atom. The molecule has 158 valence electrons. The molecular weight excluding hydrogens is 402 g/mol. The van der Waals surface area contributed by atoms with Crippen LogP contribution in [0.15, 0.2) is 35.3 Å². The topological polar surface area (TPSA) is 88.8 Å². The van der Waals surface area contributed by atoms with Crippen molar-refractivity contribution in [2.24, 2.45) is 5.92 Å². The molecule has 3 heterocycles. The van der Waals surface area contributed by atoms with Crippen molar-refractivity contribution in [2.75, 3.05) is 31.6 Å². The number of piperidine rings is 1. The van der Waals surface area contributed by atoms with Gasteiger partial charge < -0.3 is 15.0 Å². The monoisotopic (exact) mass is 427 g/mol. The molecule has 1 aliphatic heterocycles. The fourth-order valence-corrected chi connectivity index (χ4v) is 4.63.